The molecule has 0 aliphatic heterocycles. The molecule has 0 aromatic heterocycles. The van der Waals surface area contributed by atoms with Crippen molar-refractivity contribution >= 4 is 29.1 Å². The van der Waals surface area contributed by atoms with E-state index in [1.165, 1.54) is 18.2 Å². The highest BCUT2D eigenvalue weighted by atomic mass is 35.5. The highest BCUT2D eigenvalue weighted by Crippen LogP contribution is 2.21. The van der Waals surface area contributed by atoms with E-state index in [-0.39, 0.29) is 17.9 Å². The van der Waals surface area contributed by atoms with E-state index >= 15 is 0 Å². The second kappa shape index (κ2) is 8.77. The van der Waals surface area contributed by atoms with E-state index < -0.39 is 24.5 Å². The highest BCUT2D eigenvalue weighted by molar-refractivity contribution is 6.31. The number of para-hydroxylation sites is 1. The number of anilines is 1. The predicted molar refractivity (Wildman–Crippen MR) is 95.1 cm³/mol. The molecule has 0 saturated heterocycles. The van der Waals surface area contributed by atoms with Gasteiger partial charge in [-0.05, 0) is 42.8 Å². The van der Waals surface area contributed by atoms with Gasteiger partial charge in [-0.3, -0.25) is 9.59 Å². The van der Waals surface area contributed by atoms with Crippen molar-refractivity contribution in [1.82, 2.24) is 5.32 Å². The molecule has 0 saturated carbocycles. The fourth-order valence-corrected chi connectivity index (χ4v) is 2.23. The van der Waals surface area contributed by atoms with E-state index in [4.69, 9.17) is 16.3 Å². The number of hydrogen-bond donors (Lipinski definition) is 2. The lowest BCUT2D eigenvalue weighted by molar-refractivity contribution is -0.123. The zero-order chi connectivity index (χ0) is 20.0. The van der Waals surface area contributed by atoms with Gasteiger partial charge in [-0.1, -0.05) is 23.7 Å². The Kier molecular flexibility index (Phi) is 6.68. The molecule has 0 spiro atoms. The molecule has 2 aromatic carbocycles. The molecule has 2 rings (SSSR count). The maximum Gasteiger partial charge on any atom is 0.405 e. The summed E-state index contributed by atoms with van der Waals surface area (Å²) in [6.45, 7) is -0.0300. The van der Waals surface area contributed by atoms with Crippen LogP contribution in [0.3, 0.4) is 0 Å². The molecule has 0 aliphatic rings. The molecular weight excluding hydrogens is 385 g/mol. The van der Waals surface area contributed by atoms with Gasteiger partial charge in [-0.25, -0.2) is 0 Å². The van der Waals surface area contributed by atoms with Gasteiger partial charge in [-0.15, -0.1) is 0 Å². The lowest BCUT2D eigenvalue weighted by atomic mass is 10.1. The molecule has 0 fully saturated rings. The topological polar surface area (TPSA) is 67.4 Å². The maximum atomic E-state index is 12.2. The second-order valence-electron chi connectivity index (χ2n) is 5.59. The maximum absolute atomic E-state index is 12.2. The minimum Gasteiger partial charge on any atom is -0.484 e. The molecule has 144 valence electrons. The van der Waals surface area contributed by atoms with Crippen LogP contribution < -0.4 is 15.4 Å². The lowest BCUT2D eigenvalue weighted by Gasteiger charge is -2.13. The predicted octanol–water partition coefficient (Wildman–Crippen LogP) is 3.96. The van der Waals surface area contributed by atoms with Crippen LogP contribution in [-0.4, -0.2) is 31.1 Å². The Labute approximate surface area is 158 Å². The molecule has 2 aromatic rings. The molecule has 0 aliphatic carbocycles. The van der Waals surface area contributed by atoms with Crippen LogP contribution >= 0.6 is 11.6 Å². The molecule has 2 N–H and O–H groups in total. The van der Waals surface area contributed by atoms with Crippen molar-refractivity contribution in [3.05, 3.63) is 58.6 Å². The van der Waals surface area contributed by atoms with Crippen LogP contribution in [-0.2, 0) is 4.79 Å². The van der Waals surface area contributed by atoms with Gasteiger partial charge >= 0.3 is 6.18 Å². The minimum absolute atomic E-state index is 0.0815. The van der Waals surface area contributed by atoms with Gasteiger partial charge in [-0.2, -0.15) is 13.2 Å². The Balaban J connectivity index is 1.99. The molecule has 0 atom stereocenters. The summed E-state index contributed by atoms with van der Waals surface area (Å²) in [7, 11) is 0. The van der Waals surface area contributed by atoms with Crippen LogP contribution in [0.2, 0.25) is 5.02 Å². The zero-order valence-corrected chi connectivity index (χ0v) is 14.9. The first-order valence-corrected chi connectivity index (χ1v) is 8.16. The van der Waals surface area contributed by atoms with Gasteiger partial charge in [0, 0.05) is 5.02 Å². The van der Waals surface area contributed by atoms with Crippen LogP contribution in [0.5, 0.6) is 5.75 Å². The van der Waals surface area contributed by atoms with Crippen molar-refractivity contribution in [3.8, 4) is 5.75 Å². The van der Waals surface area contributed by atoms with Gasteiger partial charge < -0.3 is 15.4 Å². The third kappa shape index (κ3) is 6.49. The van der Waals surface area contributed by atoms with Crippen LogP contribution in [0.25, 0.3) is 0 Å². The SMILES string of the molecule is Cc1cc(OCC(=O)Nc2ccccc2C(=O)NCC(F)(F)F)ccc1Cl. The number of amides is 2. The van der Waals surface area contributed by atoms with E-state index in [0.29, 0.717) is 10.8 Å². The van der Waals surface area contributed by atoms with E-state index in [1.807, 2.05) is 0 Å². The fraction of sp³-hybridized carbons (Fsp3) is 0.222. The standard InChI is InChI=1S/C18H16ClF3N2O3/c1-11-8-12(6-7-14(11)19)27-9-16(25)24-15-5-3-2-4-13(15)17(26)23-10-18(20,21)22/h2-8H,9-10H2,1H3,(H,23,26)(H,24,25). The number of carbonyl (C=O) groups is 2. The van der Waals surface area contributed by atoms with Gasteiger partial charge in [0.15, 0.2) is 6.61 Å². The molecular formula is C18H16ClF3N2O3. The number of halogens is 4. The minimum atomic E-state index is -4.53. The Bertz CT molecular complexity index is 841. The van der Waals surface area contributed by atoms with Gasteiger partial charge in [0.25, 0.3) is 11.8 Å². The molecule has 0 radical (unpaired) electrons. The third-order valence-corrected chi connectivity index (χ3v) is 3.82. The first-order chi connectivity index (χ1) is 12.7. The summed E-state index contributed by atoms with van der Waals surface area (Å²) in [6, 6.07) is 10.6. The van der Waals surface area contributed by atoms with Crippen LogP contribution in [0, 0.1) is 6.92 Å². The average Bonchev–Trinajstić information content (AvgIpc) is 2.60. The van der Waals surface area contributed by atoms with E-state index in [1.54, 1.807) is 36.5 Å². The van der Waals surface area contributed by atoms with Crippen molar-refractivity contribution in [3.63, 3.8) is 0 Å². The molecule has 0 heterocycles. The Morgan fingerprint density at radius 2 is 1.85 bits per heavy atom. The fourth-order valence-electron chi connectivity index (χ4n) is 2.11. The summed E-state index contributed by atoms with van der Waals surface area (Å²) in [5, 5.41) is 4.78. The van der Waals surface area contributed by atoms with Crippen LogP contribution in [0.1, 0.15) is 15.9 Å². The van der Waals surface area contributed by atoms with Gasteiger partial charge in [0.1, 0.15) is 12.3 Å². The number of alkyl halides is 3. The van der Waals surface area contributed by atoms with Crippen LogP contribution in [0.4, 0.5) is 18.9 Å². The highest BCUT2D eigenvalue weighted by Gasteiger charge is 2.28. The second-order valence-corrected chi connectivity index (χ2v) is 6.00. The number of hydrogen-bond acceptors (Lipinski definition) is 3. The quantitative estimate of drug-likeness (QED) is 0.771. The summed E-state index contributed by atoms with van der Waals surface area (Å²) >= 11 is 5.91. The third-order valence-electron chi connectivity index (χ3n) is 3.39. The van der Waals surface area contributed by atoms with Crippen molar-refractivity contribution in [2.75, 3.05) is 18.5 Å². The molecule has 5 nitrogen and oxygen atoms in total. The Morgan fingerprint density at radius 3 is 2.52 bits per heavy atom. The molecule has 9 heteroatoms. The Hall–Kier alpha value is -2.74. The molecule has 0 bridgehead atoms. The molecule has 0 unspecified atom stereocenters. The molecule has 2 amide bonds. The summed E-state index contributed by atoms with van der Waals surface area (Å²) in [5.74, 6) is -1.08. The average molecular weight is 401 g/mol. The lowest BCUT2D eigenvalue weighted by Crippen LogP contribution is -2.34. The van der Waals surface area contributed by atoms with Gasteiger partial charge in [0.2, 0.25) is 0 Å². The number of aryl methyl sites for hydroxylation is 1. The van der Waals surface area contributed by atoms with E-state index in [2.05, 4.69) is 5.32 Å². The monoisotopic (exact) mass is 400 g/mol. The summed E-state index contributed by atoms with van der Waals surface area (Å²) in [6.07, 6.45) is -4.53. The number of ether oxygens (including phenoxy) is 1. The van der Waals surface area contributed by atoms with Crippen LogP contribution in [0.15, 0.2) is 42.5 Å². The normalized spacial score (nSPS) is 11.0. The summed E-state index contributed by atoms with van der Waals surface area (Å²) in [4.78, 5) is 24.0. The number of benzene rings is 2. The largest absolute Gasteiger partial charge is 0.484 e. The number of rotatable bonds is 6. The Morgan fingerprint density at radius 1 is 1.15 bits per heavy atom. The van der Waals surface area contributed by atoms with E-state index in [9.17, 15) is 22.8 Å². The first kappa shape index (κ1) is 20.6. The number of nitrogens with one attached hydrogen (secondary N) is 2. The van der Waals surface area contributed by atoms with Gasteiger partial charge in [0.05, 0.1) is 11.3 Å². The van der Waals surface area contributed by atoms with Crippen molar-refractivity contribution in [1.29, 1.82) is 0 Å². The molecule has 27 heavy (non-hydrogen) atoms. The summed E-state index contributed by atoms with van der Waals surface area (Å²) < 4.78 is 42.1. The van der Waals surface area contributed by atoms with E-state index in [0.717, 1.165) is 5.56 Å². The van der Waals surface area contributed by atoms with Crippen molar-refractivity contribution in [2.45, 2.75) is 13.1 Å². The van der Waals surface area contributed by atoms with Crippen molar-refractivity contribution in [2.24, 2.45) is 0 Å². The van der Waals surface area contributed by atoms with Crippen molar-refractivity contribution < 1.29 is 27.5 Å². The first-order valence-electron chi connectivity index (χ1n) is 7.78. The zero-order valence-electron chi connectivity index (χ0n) is 14.2. The smallest absolute Gasteiger partial charge is 0.405 e. The number of carbonyl (C=O) groups excluding carboxylic acids is 2. The summed E-state index contributed by atoms with van der Waals surface area (Å²) in [5.41, 5.74) is 0.775.